The number of hydrogen-bond acceptors (Lipinski definition) is 5. The van der Waals surface area contributed by atoms with Crippen LogP contribution in [0.4, 0.5) is 5.69 Å². The van der Waals surface area contributed by atoms with Gasteiger partial charge in [-0.2, -0.15) is 5.10 Å². The molecule has 136 valence electrons. The number of nitrogens with one attached hydrogen (secondary N) is 1. The lowest BCUT2D eigenvalue weighted by molar-refractivity contribution is 0.597. The molecule has 0 fully saturated rings. The zero-order valence-electron chi connectivity index (χ0n) is 13.9. The van der Waals surface area contributed by atoms with E-state index in [4.69, 9.17) is 0 Å². The average Bonchev–Trinajstić information content (AvgIpc) is 3.09. The third-order valence-electron chi connectivity index (χ3n) is 3.67. The second-order valence-corrected chi connectivity index (χ2v) is 9.45. The molecule has 0 amide bonds. The first kappa shape index (κ1) is 18.2. The Bertz CT molecular complexity index is 1090. The van der Waals surface area contributed by atoms with Crippen molar-refractivity contribution in [2.75, 3.05) is 11.0 Å². The Balaban J connectivity index is 1.74. The summed E-state index contributed by atoms with van der Waals surface area (Å²) in [5.74, 6) is 0. The van der Waals surface area contributed by atoms with Gasteiger partial charge in [0.2, 0.25) is 0 Å². The normalized spacial score (nSPS) is 12.0. The molecule has 26 heavy (non-hydrogen) atoms. The zero-order valence-corrected chi connectivity index (χ0v) is 15.5. The summed E-state index contributed by atoms with van der Waals surface area (Å²) in [5.41, 5.74) is 1.40. The molecule has 0 aliphatic heterocycles. The van der Waals surface area contributed by atoms with Crippen LogP contribution < -0.4 is 4.72 Å². The van der Waals surface area contributed by atoms with Crippen molar-refractivity contribution in [3.8, 4) is 0 Å². The Morgan fingerprint density at radius 2 is 1.54 bits per heavy atom. The van der Waals surface area contributed by atoms with Gasteiger partial charge < -0.3 is 0 Å². The van der Waals surface area contributed by atoms with E-state index in [2.05, 4.69) is 9.82 Å². The van der Waals surface area contributed by atoms with Gasteiger partial charge in [-0.25, -0.2) is 16.8 Å². The third-order valence-corrected chi connectivity index (χ3v) is 6.20. The van der Waals surface area contributed by atoms with E-state index in [0.29, 0.717) is 12.2 Å². The van der Waals surface area contributed by atoms with Gasteiger partial charge in [0, 0.05) is 24.3 Å². The summed E-state index contributed by atoms with van der Waals surface area (Å²) in [6.07, 6.45) is 4.61. The molecule has 0 saturated heterocycles. The van der Waals surface area contributed by atoms with Crippen LogP contribution in [0.5, 0.6) is 0 Å². The zero-order chi connectivity index (χ0) is 18.8. The molecule has 0 bridgehead atoms. The molecule has 0 radical (unpaired) electrons. The van der Waals surface area contributed by atoms with Gasteiger partial charge in [0.05, 0.1) is 16.3 Å². The van der Waals surface area contributed by atoms with Crippen molar-refractivity contribution in [3.63, 3.8) is 0 Å². The fourth-order valence-electron chi connectivity index (χ4n) is 2.34. The lowest BCUT2D eigenvalue weighted by Gasteiger charge is -2.09. The van der Waals surface area contributed by atoms with E-state index in [0.717, 1.165) is 11.8 Å². The Hall–Kier alpha value is -2.65. The highest BCUT2D eigenvalue weighted by Gasteiger charge is 2.15. The van der Waals surface area contributed by atoms with Crippen molar-refractivity contribution in [1.82, 2.24) is 9.78 Å². The summed E-state index contributed by atoms with van der Waals surface area (Å²) in [5, 5.41) is 4.12. The fraction of sp³-hybridized carbons (Fsp3) is 0.118. The molecule has 3 aromatic rings. The minimum atomic E-state index is -3.80. The van der Waals surface area contributed by atoms with E-state index >= 15 is 0 Å². The number of aromatic nitrogens is 2. The number of sulfonamides is 1. The van der Waals surface area contributed by atoms with Crippen molar-refractivity contribution in [1.29, 1.82) is 0 Å². The van der Waals surface area contributed by atoms with Gasteiger partial charge in [0.1, 0.15) is 0 Å². The Morgan fingerprint density at radius 3 is 2.08 bits per heavy atom. The highest BCUT2D eigenvalue weighted by Crippen LogP contribution is 2.19. The van der Waals surface area contributed by atoms with Gasteiger partial charge in [-0.3, -0.25) is 9.40 Å². The van der Waals surface area contributed by atoms with Gasteiger partial charge in [-0.05, 0) is 48.0 Å². The number of anilines is 1. The number of benzene rings is 2. The van der Waals surface area contributed by atoms with Gasteiger partial charge in [-0.1, -0.05) is 12.1 Å². The fourth-order valence-corrected chi connectivity index (χ4v) is 4.03. The van der Waals surface area contributed by atoms with Gasteiger partial charge in [-0.15, -0.1) is 0 Å². The van der Waals surface area contributed by atoms with Crippen LogP contribution in [0.2, 0.25) is 0 Å². The van der Waals surface area contributed by atoms with E-state index in [1.54, 1.807) is 23.0 Å². The third kappa shape index (κ3) is 4.30. The van der Waals surface area contributed by atoms with Gasteiger partial charge in [0.25, 0.3) is 10.0 Å². The predicted octanol–water partition coefficient (Wildman–Crippen LogP) is 2.14. The highest BCUT2D eigenvalue weighted by atomic mass is 32.2. The van der Waals surface area contributed by atoms with Crippen LogP contribution in [0.15, 0.2) is 76.8 Å². The lowest BCUT2D eigenvalue weighted by Crippen LogP contribution is -2.13. The molecular weight excluding hydrogens is 374 g/mol. The van der Waals surface area contributed by atoms with Crippen molar-refractivity contribution in [2.24, 2.45) is 0 Å². The molecule has 0 unspecified atom stereocenters. The second-order valence-electron chi connectivity index (χ2n) is 5.75. The molecule has 0 aliphatic rings. The Morgan fingerprint density at radius 1 is 0.923 bits per heavy atom. The van der Waals surface area contributed by atoms with E-state index in [-0.39, 0.29) is 9.79 Å². The standard InChI is InChI=1S/C17H17N3O4S2/c1-25(21,22)16-7-9-17(10-8-16)26(23,24)19-15-5-3-14(4-6-15)13-20-12-2-11-18-20/h2-12,19H,13H2,1H3. The number of rotatable bonds is 6. The Kier molecular flexibility index (Phi) is 4.84. The average molecular weight is 391 g/mol. The van der Waals surface area contributed by atoms with Crippen LogP contribution in [0.1, 0.15) is 5.56 Å². The smallest absolute Gasteiger partial charge is 0.261 e. The minimum Gasteiger partial charge on any atom is -0.280 e. The first-order valence-electron chi connectivity index (χ1n) is 7.63. The molecule has 1 aromatic heterocycles. The molecule has 1 N–H and O–H groups in total. The Labute approximate surface area is 152 Å². The maximum atomic E-state index is 12.4. The summed E-state index contributed by atoms with van der Waals surface area (Å²) in [6, 6.07) is 13.9. The highest BCUT2D eigenvalue weighted by molar-refractivity contribution is 7.92. The molecule has 0 saturated carbocycles. The van der Waals surface area contributed by atoms with Crippen molar-refractivity contribution in [2.45, 2.75) is 16.3 Å². The first-order valence-corrected chi connectivity index (χ1v) is 11.0. The number of nitrogens with zero attached hydrogens (tertiary/aromatic N) is 2. The summed E-state index contributed by atoms with van der Waals surface area (Å²) < 4.78 is 52.0. The van der Waals surface area contributed by atoms with Crippen molar-refractivity contribution >= 4 is 25.5 Å². The van der Waals surface area contributed by atoms with Crippen LogP contribution in [-0.4, -0.2) is 32.9 Å². The number of sulfone groups is 1. The van der Waals surface area contributed by atoms with E-state index in [9.17, 15) is 16.8 Å². The largest absolute Gasteiger partial charge is 0.280 e. The molecular formula is C17H17N3O4S2. The van der Waals surface area contributed by atoms with E-state index in [1.807, 2.05) is 24.4 Å². The molecule has 0 atom stereocenters. The lowest BCUT2D eigenvalue weighted by atomic mass is 10.2. The van der Waals surface area contributed by atoms with Gasteiger partial charge >= 0.3 is 0 Å². The monoisotopic (exact) mass is 391 g/mol. The molecule has 9 heteroatoms. The molecule has 0 aliphatic carbocycles. The summed E-state index contributed by atoms with van der Waals surface area (Å²) in [6.45, 7) is 0.590. The van der Waals surface area contributed by atoms with E-state index in [1.165, 1.54) is 24.3 Å². The SMILES string of the molecule is CS(=O)(=O)c1ccc(S(=O)(=O)Nc2ccc(Cn3cccn3)cc2)cc1. The predicted molar refractivity (Wildman–Crippen MR) is 98.1 cm³/mol. The van der Waals surface area contributed by atoms with E-state index < -0.39 is 19.9 Å². The maximum Gasteiger partial charge on any atom is 0.261 e. The number of hydrogen-bond donors (Lipinski definition) is 1. The van der Waals surface area contributed by atoms with Crippen LogP contribution in [0.25, 0.3) is 0 Å². The molecule has 2 aromatic carbocycles. The van der Waals surface area contributed by atoms with Crippen LogP contribution in [0.3, 0.4) is 0 Å². The van der Waals surface area contributed by atoms with Gasteiger partial charge in [0.15, 0.2) is 9.84 Å². The molecule has 0 spiro atoms. The van der Waals surface area contributed by atoms with Crippen LogP contribution >= 0.6 is 0 Å². The molecule has 3 rings (SSSR count). The second kappa shape index (κ2) is 6.93. The first-order chi connectivity index (χ1) is 12.2. The van der Waals surface area contributed by atoms with Crippen LogP contribution in [0, 0.1) is 0 Å². The summed E-state index contributed by atoms with van der Waals surface area (Å²) in [7, 11) is -7.17. The molecule has 1 heterocycles. The summed E-state index contributed by atoms with van der Waals surface area (Å²) in [4.78, 5) is 0.0601. The topological polar surface area (TPSA) is 98.1 Å². The summed E-state index contributed by atoms with van der Waals surface area (Å²) >= 11 is 0. The quantitative estimate of drug-likeness (QED) is 0.694. The maximum absolute atomic E-state index is 12.4. The van der Waals surface area contributed by atoms with Crippen LogP contribution in [-0.2, 0) is 26.4 Å². The van der Waals surface area contributed by atoms with Crippen molar-refractivity contribution < 1.29 is 16.8 Å². The van der Waals surface area contributed by atoms with Crippen molar-refractivity contribution in [3.05, 3.63) is 72.6 Å². The minimum absolute atomic E-state index is 0.00878. The molecule has 7 nitrogen and oxygen atoms in total.